The summed E-state index contributed by atoms with van der Waals surface area (Å²) in [5.41, 5.74) is 5.40. The molecule has 0 atom stereocenters. The van der Waals surface area contributed by atoms with Gasteiger partial charge in [-0.15, -0.1) is 0 Å². The summed E-state index contributed by atoms with van der Waals surface area (Å²) in [4.78, 5) is 17.5. The van der Waals surface area contributed by atoms with Gasteiger partial charge in [0.1, 0.15) is 5.60 Å². The number of carbonyl (C=O) groups excluding carboxylic acids is 1. The highest BCUT2D eigenvalue weighted by molar-refractivity contribution is 5.78. The highest BCUT2D eigenvalue weighted by atomic mass is 16.6. The summed E-state index contributed by atoms with van der Waals surface area (Å²) in [7, 11) is 1.70. The number of nitrogens with two attached hydrogens (primary N) is 1. The van der Waals surface area contributed by atoms with E-state index >= 15 is 0 Å². The van der Waals surface area contributed by atoms with Crippen LogP contribution in [0, 0.1) is 0 Å². The zero-order chi connectivity index (χ0) is 15.9. The Balaban J connectivity index is 2.26. The molecule has 21 heavy (non-hydrogen) atoms. The van der Waals surface area contributed by atoms with Crippen molar-refractivity contribution < 1.29 is 9.53 Å². The summed E-state index contributed by atoms with van der Waals surface area (Å²) in [6.07, 6.45) is 5.81. The molecule has 0 radical (unpaired) electrons. The van der Waals surface area contributed by atoms with Crippen molar-refractivity contribution >= 4 is 12.1 Å². The molecule has 6 heteroatoms. The number of hydrogen-bond donors (Lipinski definition) is 2. The van der Waals surface area contributed by atoms with Gasteiger partial charge in [0.2, 0.25) is 0 Å². The molecule has 1 amide bonds. The van der Waals surface area contributed by atoms with Crippen molar-refractivity contribution in [3.05, 3.63) is 0 Å². The molecule has 0 saturated heterocycles. The molecule has 1 saturated carbocycles. The minimum Gasteiger partial charge on any atom is -0.444 e. The number of hydrogen-bond acceptors (Lipinski definition) is 3. The van der Waals surface area contributed by atoms with Crippen molar-refractivity contribution in [3.8, 4) is 0 Å². The second kappa shape index (κ2) is 8.10. The monoisotopic (exact) mass is 298 g/mol. The van der Waals surface area contributed by atoms with E-state index < -0.39 is 5.60 Å². The van der Waals surface area contributed by atoms with Crippen LogP contribution in [0.2, 0.25) is 0 Å². The Morgan fingerprint density at radius 1 is 1.33 bits per heavy atom. The Morgan fingerprint density at radius 2 is 1.95 bits per heavy atom. The maximum absolute atomic E-state index is 11.8. The third kappa shape index (κ3) is 7.78. The molecule has 0 heterocycles. The Morgan fingerprint density at radius 3 is 2.52 bits per heavy atom. The van der Waals surface area contributed by atoms with E-state index in [1.807, 2.05) is 20.8 Å². The van der Waals surface area contributed by atoms with Crippen molar-refractivity contribution in [3.63, 3.8) is 0 Å². The van der Waals surface area contributed by atoms with Crippen molar-refractivity contribution in [2.75, 3.05) is 20.1 Å². The number of rotatable bonds is 4. The predicted octanol–water partition coefficient (Wildman–Crippen LogP) is 2.09. The maximum atomic E-state index is 11.8. The average Bonchev–Trinajstić information content (AvgIpc) is 2.37. The fraction of sp³-hybridized carbons (Fsp3) is 0.867. The summed E-state index contributed by atoms with van der Waals surface area (Å²) in [6, 6.07) is 0.450. The minimum atomic E-state index is -0.476. The van der Waals surface area contributed by atoms with Crippen molar-refractivity contribution in [2.24, 2.45) is 10.7 Å². The predicted molar refractivity (Wildman–Crippen MR) is 85.4 cm³/mol. The number of guanidine groups is 1. The SMILES string of the molecule is CN(CCN=C(N)NC1CCCCC1)C(=O)OC(C)(C)C. The van der Waals surface area contributed by atoms with Gasteiger partial charge in [-0.1, -0.05) is 19.3 Å². The van der Waals surface area contributed by atoms with Gasteiger partial charge in [0.15, 0.2) is 5.96 Å². The smallest absolute Gasteiger partial charge is 0.410 e. The fourth-order valence-corrected chi connectivity index (χ4v) is 2.25. The average molecular weight is 298 g/mol. The van der Waals surface area contributed by atoms with E-state index in [0.717, 1.165) is 12.8 Å². The summed E-state index contributed by atoms with van der Waals surface area (Å²) < 4.78 is 5.27. The molecule has 0 bridgehead atoms. The zero-order valence-corrected chi connectivity index (χ0v) is 13.8. The normalized spacial score (nSPS) is 17.4. The van der Waals surface area contributed by atoms with Crippen LogP contribution in [0.25, 0.3) is 0 Å². The Labute approximate surface area is 128 Å². The van der Waals surface area contributed by atoms with Gasteiger partial charge in [-0.05, 0) is 33.6 Å². The Bertz CT molecular complexity index is 357. The van der Waals surface area contributed by atoms with Crippen LogP contribution in [0.15, 0.2) is 4.99 Å². The lowest BCUT2D eigenvalue weighted by Crippen LogP contribution is -2.41. The highest BCUT2D eigenvalue weighted by Gasteiger charge is 2.19. The number of nitrogens with zero attached hydrogens (tertiary/aromatic N) is 2. The van der Waals surface area contributed by atoms with E-state index in [1.54, 1.807) is 7.05 Å². The van der Waals surface area contributed by atoms with E-state index in [4.69, 9.17) is 10.5 Å². The molecule has 1 aliphatic carbocycles. The summed E-state index contributed by atoms with van der Waals surface area (Å²) in [5.74, 6) is 0.472. The molecular formula is C15H30N4O2. The topological polar surface area (TPSA) is 80.0 Å². The molecule has 0 spiro atoms. The van der Waals surface area contributed by atoms with Crippen LogP contribution in [-0.4, -0.2) is 48.7 Å². The molecule has 0 aliphatic heterocycles. The molecule has 1 aliphatic rings. The van der Waals surface area contributed by atoms with Gasteiger partial charge in [-0.3, -0.25) is 4.99 Å². The van der Waals surface area contributed by atoms with E-state index in [-0.39, 0.29) is 6.09 Å². The number of ether oxygens (including phenoxy) is 1. The van der Waals surface area contributed by atoms with Gasteiger partial charge in [-0.2, -0.15) is 0 Å². The van der Waals surface area contributed by atoms with Crippen molar-refractivity contribution in [1.82, 2.24) is 10.2 Å². The molecular weight excluding hydrogens is 268 g/mol. The first kappa shape index (κ1) is 17.6. The van der Waals surface area contributed by atoms with Crippen molar-refractivity contribution in [2.45, 2.75) is 64.5 Å². The molecule has 122 valence electrons. The first-order valence-electron chi connectivity index (χ1n) is 7.78. The number of nitrogens with one attached hydrogen (secondary N) is 1. The second-order valence-corrected chi connectivity index (χ2v) is 6.65. The van der Waals surface area contributed by atoms with Gasteiger partial charge in [0, 0.05) is 19.6 Å². The number of amides is 1. The third-order valence-corrected chi connectivity index (χ3v) is 3.38. The van der Waals surface area contributed by atoms with Crippen LogP contribution in [0.3, 0.4) is 0 Å². The lowest BCUT2D eigenvalue weighted by Gasteiger charge is -2.24. The van der Waals surface area contributed by atoms with Crippen LogP contribution in [-0.2, 0) is 4.74 Å². The maximum Gasteiger partial charge on any atom is 0.410 e. The number of aliphatic imine (C=N–C) groups is 1. The first-order chi connectivity index (χ1) is 9.78. The molecule has 3 N–H and O–H groups in total. The lowest BCUT2D eigenvalue weighted by molar-refractivity contribution is 0.0304. The van der Waals surface area contributed by atoms with E-state index in [9.17, 15) is 4.79 Å². The van der Waals surface area contributed by atoms with Gasteiger partial charge >= 0.3 is 6.09 Å². The molecule has 1 rings (SSSR count). The third-order valence-electron chi connectivity index (χ3n) is 3.38. The summed E-state index contributed by atoms with van der Waals surface area (Å²) in [6.45, 7) is 6.51. The number of carbonyl (C=O) groups is 1. The highest BCUT2D eigenvalue weighted by Crippen LogP contribution is 2.17. The minimum absolute atomic E-state index is 0.337. The van der Waals surface area contributed by atoms with E-state index in [1.165, 1.54) is 24.2 Å². The number of likely N-dealkylation sites (N-methyl/N-ethyl adjacent to an activating group) is 1. The van der Waals surface area contributed by atoms with E-state index in [2.05, 4.69) is 10.3 Å². The largest absolute Gasteiger partial charge is 0.444 e. The lowest BCUT2D eigenvalue weighted by atomic mass is 9.96. The van der Waals surface area contributed by atoms with Crippen LogP contribution < -0.4 is 11.1 Å². The molecule has 1 fully saturated rings. The Kier molecular flexibility index (Phi) is 6.78. The molecule has 0 aromatic rings. The second-order valence-electron chi connectivity index (χ2n) is 6.65. The van der Waals surface area contributed by atoms with Gasteiger partial charge in [0.25, 0.3) is 0 Å². The Hall–Kier alpha value is -1.46. The molecule has 0 aromatic heterocycles. The van der Waals surface area contributed by atoms with Gasteiger partial charge in [-0.25, -0.2) is 4.79 Å². The molecule has 0 aromatic carbocycles. The van der Waals surface area contributed by atoms with Crippen molar-refractivity contribution in [1.29, 1.82) is 0 Å². The summed E-state index contributed by atoms with van der Waals surface area (Å²) >= 11 is 0. The van der Waals surface area contributed by atoms with Crippen LogP contribution in [0.1, 0.15) is 52.9 Å². The summed E-state index contributed by atoms with van der Waals surface area (Å²) in [5, 5.41) is 3.25. The van der Waals surface area contributed by atoms with E-state index in [0.29, 0.717) is 25.1 Å². The zero-order valence-electron chi connectivity index (χ0n) is 13.8. The fourth-order valence-electron chi connectivity index (χ4n) is 2.25. The molecule has 0 unspecified atom stereocenters. The van der Waals surface area contributed by atoms with Gasteiger partial charge in [0.05, 0.1) is 6.54 Å². The van der Waals surface area contributed by atoms with Crippen LogP contribution in [0.5, 0.6) is 0 Å². The van der Waals surface area contributed by atoms with Crippen LogP contribution >= 0.6 is 0 Å². The van der Waals surface area contributed by atoms with Gasteiger partial charge < -0.3 is 20.7 Å². The quantitative estimate of drug-likeness (QED) is 0.615. The standard InChI is InChI=1S/C15H30N4O2/c1-15(2,3)21-14(20)19(4)11-10-17-13(16)18-12-8-6-5-7-9-12/h12H,5-11H2,1-4H3,(H3,16,17,18). The first-order valence-corrected chi connectivity index (χ1v) is 7.78. The molecule has 6 nitrogen and oxygen atoms in total. The van der Waals surface area contributed by atoms with Crippen LogP contribution in [0.4, 0.5) is 4.79 Å².